The molecule has 33 heavy (non-hydrogen) atoms. The van der Waals surface area contributed by atoms with Crippen molar-refractivity contribution in [3.8, 4) is 5.75 Å². The number of nitrogens with one attached hydrogen (secondary N) is 3. The molecular formula is C23H25ClN6O3. The molecule has 1 aliphatic rings. The summed E-state index contributed by atoms with van der Waals surface area (Å²) in [6.45, 7) is 4.87. The van der Waals surface area contributed by atoms with E-state index in [1.807, 2.05) is 25.1 Å². The monoisotopic (exact) mass is 468 g/mol. The maximum Gasteiger partial charge on any atom is 0.323 e. The predicted molar refractivity (Wildman–Crippen MR) is 130 cm³/mol. The molecule has 0 spiro atoms. The van der Waals surface area contributed by atoms with Crippen LogP contribution >= 0.6 is 11.6 Å². The van der Waals surface area contributed by atoms with Crippen molar-refractivity contribution in [3.05, 3.63) is 59.4 Å². The Kier molecular flexibility index (Phi) is 7.11. The molecule has 4 rings (SSSR count). The van der Waals surface area contributed by atoms with Crippen LogP contribution in [0, 0.1) is 6.92 Å². The molecular weight excluding hydrogens is 444 g/mol. The Morgan fingerprint density at radius 1 is 1.03 bits per heavy atom. The standard InChI is InChI=1S/C23H25ClN6O3/c1-15-25-21(14-22(26-15)30-9-11-33-12-10-30)27-17-4-6-18(7-5-17)28-23(31)29-19-13-16(24)3-8-20(19)32-2/h3-8,13-14H,9-12H2,1-2H3,(H,25,26,27)(H2,28,29,31). The van der Waals surface area contributed by atoms with Crippen molar-refractivity contribution in [2.75, 3.05) is 54.3 Å². The topological polar surface area (TPSA) is 101 Å². The quantitative estimate of drug-likeness (QED) is 0.483. The minimum Gasteiger partial charge on any atom is -0.495 e. The predicted octanol–water partition coefficient (Wildman–Crippen LogP) is 4.67. The van der Waals surface area contributed by atoms with Crippen LogP contribution in [0.1, 0.15) is 5.82 Å². The fourth-order valence-corrected chi connectivity index (χ4v) is 3.59. The summed E-state index contributed by atoms with van der Waals surface area (Å²) in [6.07, 6.45) is 0. The van der Waals surface area contributed by atoms with E-state index in [4.69, 9.17) is 21.1 Å². The van der Waals surface area contributed by atoms with Crippen LogP contribution in [0.2, 0.25) is 5.02 Å². The Bertz CT molecular complexity index is 1120. The number of morpholine rings is 1. The lowest BCUT2D eigenvalue weighted by molar-refractivity contribution is 0.122. The highest BCUT2D eigenvalue weighted by Gasteiger charge is 2.14. The van der Waals surface area contributed by atoms with Gasteiger partial charge in [0.1, 0.15) is 23.2 Å². The number of ether oxygens (including phenoxy) is 2. The van der Waals surface area contributed by atoms with Gasteiger partial charge in [-0.25, -0.2) is 14.8 Å². The Balaban J connectivity index is 1.39. The van der Waals surface area contributed by atoms with E-state index < -0.39 is 6.03 Å². The third-order valence-electron chi connectivity index (χ3n) is 4.98. The van der Waals surface area contributed by atoms with E-state index in [-0.39, 0.29) is 0 Å². The summed E-state index contributed by atoms with van der Waals surface area (Å²) in [5.41, 5.74) is 1.95. The normalized spacial score (nSPS) is 13.4. The number of urea groups is 1. The molecule has 2 aromatic carbocycles. The molecule has 2 heterocycles. The highest BCUT2D eigenvalue weighted by Crippen LogP contribution is 2.28. The van der Waals surface area contributed by atoms with Crippen LogP contribution in [0.5, 0.6) is 5.75 Å². The van der Waals surface area contributed by atoms with Crippen molar-refractivity contribution < 1.29 is 14.3 Å². The SMILES string of the molecule is COc1ccc(Cl)cc1NC(=O)Nc1ccc(Nc2cc(N3CCOCC3)nc(C)n2)cc1. The number of anilines is 5. The Morgan fingerprint density at radius 2 is 1.76 bits per heavy atom. The molecule has 172 valence electrons. The van der Waals surface area contributed by atoms with Crippen LogP contribution in [-0.2, 0) is 4.74 Å². The maximum atomic E-state index is 12.4. The molecule has 0 saturated carbocycles. The molecule has 9 nitrogen and oxygen atoms in total. The van der Waals surface area contributed by atoms with E-state index in [1.54, 1.807) is 30.3 Å². The van der Waals surface area contributed by atoms with Crippen molar-refractivity contribution in [3.63, 3.8) is 0 Å². The highest BCUT2D eigenvalue weighted by atomic mass is 35.5. The van der Waals surface area contributed by atoms with Crippen LogP contribution in [0.25, 0.3) is 0 Å². The number of carbonyl (C=O) groups is 1. The molecule has 0 aliphatic carbocycles. The first-order valence-electron chi connectivity index (χ1n) is 10.5. The second-order valence-corrected chi connectivity index (χ2v) is 7.82. The van der Waals surface area contributed by atoms with E-state index in [9.17, 15) is 4.79 Å². The van der Waals surface area contributed by atoms with Gasteiger partial charge in [0, 0.05) is 35.6 Å². The summed E-state index contributed by atoms with van der Waals surface area (Å²) in [5, 5.41) is 9.33. The number of rotatable bonds is 6. The number of aromatic nitrogens is 2. The maximum absolute atomic E-state index is 12.4. The number of hydrogen-bond acceptors (Lipinski definition) is 7. The first-order valence-corrected chi connectivity index (χ1v) is 10.8. The number of nitrogens with zero attached hydrogens (tertiary/aromatic N) is 3. The minimum absolute atomic E-state index is 0.405. The smallest absolute Gasteiger partial charge is 0.323 e. The van der Waals surface area contributed by atoms with Gasteiger partial charge in [0.2, 0.25) is 0 Å². The number of aryl methyl sites for hydroxylation is 1. The number of amides is 2. The van der Waals surface area contributed by atoms with Crippen LogP contribution in [-0.4, -0.2) is 49.4 Å². The fraction of sp³-hybridized carbons (Fsp3) is 0.261. The van der Waals surface area contributed by atoms with E-state index in [0.29, 0.717) is 47.0 Å². The summed E-state index contributed by atoms with van der Waals surface area (Å²) in [7, 11) is 1.53. The number of methoxy groups -OCH3 is 1. The minimum atomic E-state index is -0.405. The molecule has 1 aliphatic heterocycles. The molecule has 0 unspecified atom stereocenters. The number of hydrogen-bond donors (Lipinski definition) is 3. The largest absolute Gasteiger partial charge is 0.495 e. The molecule has 0 radical (unpaired) electrons. The number of carbonyl (C=O) groups excluding carboxylic acids is 1. The van der Waals surface area contributed by atoms with Crippen LogP contribution in [0.3, 0.4) is 0 Å². The summed E-state index contributed by atoms with van der Waals surface area (Å²) in [6, 6.07) is 13.9. The van der Waals surface area contributed by atoms with Crippen molar-refractivity contribution in [1.82, 2.24) is 9.97 Å². The second-order valence-electron chi connectivity index (χ2n) is 7.38. The number of halogens is 1. The van der Waals surface area contributed by atoms with E-state index in [0.717, 1.165) is 24.6 Å². The molecule has 1 fully saturated rings. The molecule has 1 aromatic heterocycles. The fourth-order valence-electron chi connectivity index (χ4n) is 3.42. The average Bonchev–Trinajstić information content (AvgIpc) is 2.81. The molecule has 0 atom stereocenters. The van der Waals surface area contributed by atoms with Gasteiger partial charge in [-0.3, -0.25) is 0 Å². The zero-order chi connectivity index (χ0) is 23.2. The average molecular weight is 469 g/mol. The van der Waals surface area contributed by atoms with Gasteiger partial charge < -0.3 is 30.3 Å². The molecule has 3 N–H and O–H groups in total. The Hall–Kier alpha value is -3.56. The Labute approximate surface area is 197 Å². The van der Waals surface area contributed by atoms with Gasteiger partial charge in [-0.2, -0.15) is 0 Å². The van der Waals surface area contributed by atoms with E-state index >= 15 is 0 Å². The lowest BCUT2D eigenvalue weighted by Crippen LogP contribution is -2.36. The first kappa shape index (κ1) is 22.6. The molecule has 10 heteroatoms. The third-order valence-corrected chi connectivity index (χ3v) is 5.22. The van der Waals surface area contributed by atoms with Gasteiger partial charge in [0.15, 0.2) is 0 Å². The second kappa shape index (κ2) is 10.4. The molecule has 2 amide bonds. The van der Waals surface area contributed by atoms with Gasteiger partial charge in [-0.05, 0) is 49.4 Å². The number of benzene rings is 2. The van der Waals surface area contributed by atoms with Crippen molar-refractivity contribution in [1.29, 1.82) is 0 Å². The van der Waals surface area contributed by atoms with Crippen molar-refractivity contribution >= 4 is 46.3 Å². The van der Waals surface area contributed by atoms with Gasteiger partial charge in [-0.1, -0.05) is 11.6 Å². The third kappa shape index (κ3) is 6.03. The van der Waals surface area contributed by atoms with Crippen LogP contribution in [0.15, 0.2) is 48.5 Å². The summed E-state index contributed by atoms with van der Waals surface area (Å²) in [5.74, 6) is 2.79. The van der Waals surface area contributed by atoms with Crippen LogP contribution < -0.4 is 25.6 Å². The van der Waals surface area contributed by atoms with Crippen LogP contribution in [0.4, 0.5) is 33.5 Å². The van der Waals surface area contributed by atoms with Gasteiger partial charge in [0.25, 0.3) is 0 Å². The summed E-state index contributed by atoms with van der Waals surface area (Å²) >= 11 is 6.01. The highest BCUT2D eigenvalue weighted by molar-refractivity contribution is 6.31. The molecule has 1 saturated heterocycles. The lowest BCUT2D eigenvalue weighted by Gasteiger charge is -2.28. The van der Waals surface area contributed by atoms with Crippen molar-refractivity contribution in [2.24, 2.45) is 0 Å². The van der Waals surface area contributed by atoms with Gasteiger partial charge >= 0.3 is 6.03 Å². The molecule has 3 aromatic rings. The first-order chi connectivity index (χ1) is 16.0. The van der Waals surface area contributed by atoms with Crippen molar-refractivity contribution in [2.45, 2.75) is 6.92 Å². The summed E-state index contributed by atoms with van der Waals surface area (Å²) < 4.78 is 10.7. The van der Waals surface area contributed by atoms with E-state index in [2.05, 4.69) is 30.8 Å². The van der Waals surface area contributed by atoms with Gasteiger partial charge in [0.05, 0.1) is 26.0 Å². The zero-order valence-electron chi connectivity index (χ0n) is 18.4. The van der Waals surface area contributed by atoms with Gasteiger partial charge in [-0.15, -0.1) is 0 Å². The Morgan fingerprint density at radius 3 is 2.48 bits per heavy atom. The molecule has 0 bridgehead atoms. The zero-order valence-corrected chi connectivity index (χ0v) is 19.1. The van der Waals surface area contributed by atoms with E-state index in [1.165, 1.54) is 7.11 Å². The lowest BCUT2D eigenvalue weighted by atomic mass is 10.2. The summed E-state index contributed by atoms with van der Waals surface area (Å²) in [4.78, 5) is 23.6.